The number of hydrogen-bond donors (Lipinski definition) is 2. The van der Waals surface area contributed by atoms with Crippen LogP contribution in [-0.2, 0) is 14.8 Å². The summed E-state index contributed by atoms with van der Waals surface area (Å²) in [5, 5.41) is 3.29. The molecule has 8 heteroatoms. The number of amides is 1. The van der Waals surface area contributed by atoms with Gasteiger partial charge < -0.3 is 10.2 Å². The van der Waals surface area contributed by atoms with E-state index in [1.807, 2.05) is 18.7 Å². The lowest BCUT2D eigenvalue weighted by Gasteiger charge is -2.25. The molecule has 3 rings (SSSR count). The van der Waals surface area contributed by atoms with Crippen LogP contribution >= 0.6 is 0 Å². The number of fused-ring (bicyclic) bond motifs is 1. The monoisotopic (exact) mass is 378 g/mol. The Hall–Kier alpha value is -1.93. The average Bonchev–Trinajstić information content (AvgIpc) is 2.77. The van der Waals surface area contributed by atoms with E-state index in [-0.39, 0.29) is 22.6 Å². The van der Waals surface area contributed by atoms with Crippen molar-refractivity contribution in [3.8, 4) is 0 Å². The molecule has 2 N–H and O–H groups in total. The van der Waals surface area contributed by atoms with Gasteiger partial charge in [-0.25, -0.2) is 8.42 Å². The Bertz CT molecular complexity index is 796. The Morgan fingerprint density at radius 3 is 2.77 bits per heavy atom. The van der Waals surface area contributed by atoms with Crippen LogP contribution in [0.4, 0.5) is 0 Å². The molecule has 7 nitrogen and oxygen atoms in total. The van der Waals surface area contributed by atoms with E-state index in [4.69, 9.17) is 0 Å². The summed E-state index contributed by atoms with van der Waals surface area (Å²) < 4.78 is 27.1. The van der Waals surface area contributed by atoms with Crippen LogP contribution in [0.3, 0.4) is 0 Å². The standard InChI is InChI=1S/C18H26N4O3S/c1-13(2)12-15(18(23)22-10-5-8-19-9-11-22)20-17-14-6-3-4-7-16(14)26(24,25)21-17/h3-4,6-7,13,15,19H,5,8-12H2,1-2H3,(H,20,21). The number of nitrogens with one attached hydrogen (secondary N) is 2. The average molecular weight is 378 g/mol. The van der Waals surface area contributed by atoms with Gasteiger partial charge in [0.05, 0.1) is 4.90 Å². The molecule has 0 spiro atoms. The van der Waals surface area contributed by atoms with Gasteiger partial charge in [-0.05, 0) is 37.4 Å². The fourth-order valence-electron chi connectivity index (χ4n) is 3.32. The Kier molecular flexibility index (Phi) is 5.62. The van der Waals surface area contributed by atoms with Crippen LogP contribution in [0.2, 0.25) is 0 Å². The van der Waals surface area contributed by atoms with Crippen LogP contribution in [0.25, 0.3) is 0 Å². The molecular weight excluding hydrogens is 352 g/mol. The summed E-state index contributed by atoms with van der Waals surface area (Å²) in [6.45, 7) is 7.11. The molecule has 0 saturated carbocycles. The maximum absolute atomic E-state index is 13.1. The van der Waals surface area contributed by atoms with E-state index in [0.29, 0.717) is 25.1 Å². The SMILES string of the molecule is CC(C)CC(N=C1NS(=O)(=O)c2ccccc21)C(=O)N1CCCNCC1. The molecule has 2 aliphatic rings. The van der Waals surface area contributed by atoms with Gasteiger partial charge in [-0.2, -0.15) is 0 Å². The second-order valence-corrected chi connectivity index (χ2v) is 8.80. The molecule has 1 aromatic carbocycles. The van der Waals surface area contributed by atoms with E-state index in [1.54, 1.807) is 24.3 Å². The summed E-state index contributed by atoms with van der Waals surface area (Å²) in [6.07, 6.45) is 1.49. The van der Waals surface area contributed by atoms with E-state index in [1.165, 1.54) is 0 Å². The number of sulfonamides is 1. The Morgan fingerprint density at radius 1 is 1.23 bits per heavy atom. The van der Waals surface area contributed by atoms with Crippen molar-refractivity contribution in [1.82, 2.24) is 14.9 Å². The summed E-state index contributed by atoms with van der Waals surface area (Å²) >= 11 is 0. The van der Waals surface area contributed by atoms with Crippen molar-refractivity contribution in [2.24, 2.45) is 10.9 Å². The largest absolute Gasteiger partial charge is 0.340 e. The van der Waals surface area contributed by atoms with E-state index in [2.05, 4.69) is 15.0 Å². The molecule has 26 heavy (non-hydrogen) atoms. The molecule has 142 valence electrons. The van der Waals surface area contributed by atoms with E-state index < -0.39 is 16.1 Å². The van der Waals surface area contributed by atoms with Crippen molar-refractivity contribution in [2.75, 3.05) is 26.2 Å². The third-order valence-electron chi connectivity index (χ3n) is 4.58. The zero-order valence-electron chi connectivity index (χ0n) is 15.2. The van der Waals surface area contributed by atoms with Crippen molar-refractivity contribution in [1.29, 1.82) is 0 Å². The molecule has 1 aromatic rings. The van der Waals surface area contributed by atoms with Crippen LogP contribution in [-0.4, -0.2) is 57.3 Å². The van der Waals surface area contributed by atoms with Gasteiger partial charge in [0.25, 0.3) is 10.0 Å². The van der Waals surface area contributed by atoms with Gasteiger partial charge in [-0.3, -0.25) is 14.5 Å². The Labute approximate surface area is 154 Å². The van der Waals surface area contributed by atoms with E-state index >= 15 is 0 Å². The third kappa shape index (κ3) is 4.07. The van der Waals surface area contributed by atoms with Crippen molar-refractivity contribution in [2.45, 2.75) is 37.6 Å². The molecule has 0 bridgehead atoms. The van der Waals surface area contributed by atoms with Crippen LogP contribution < -0.4 is 10.0 Å². The van der Waals surface area contributed by atoms with Gasteiger partial charge in [-0.15, -0.1) is 0 Å². The van der Waals surface area contributed by atoms with Crippen molar-refractivity contribution in [3.05, 3.63) is 29.8 Å². The van der Waals surface area contributed by atoms with Gasteiger partial charge in [-0.1, -0.05) is 26.0 Å². The highest BCUT2D eigenvalue weighted by Crippen LogP contribution is 2.24. The van der Waals surface area contributed by atoms with E-state index in [9.17, 15) is 13.2 Å². The van der Waals surface area contributed by atoms with Gasteiger partial charge >= 0.3 is 0 Å². The number of carbonyl (C=O) groups is 1. The predicted octanol–water partition coefficient (Wildman–Crippen LogP) is 0.962. The zero-order chi connectivity index (χ0) is 18.7. The molecule has 1 saturated heterocycles. The normalized spacial score (nSPS) is 22.0. The molecule has 0 radical (unpaired) electrons. The second-order valence-electron chi connectivity index (χ2n) is 7.15. The molecule has 0 aliphatic carbocycles. The molecule has 1 fully saturated rings. The quantitative estimate of drug-likeness (QED) is 0.817. The summed E-state index contributed by atoms with van der Waals surface area (Å²) in [5.74, 6) is 0.512. The fourth-order valence-corrected chi connectivity index (χ4v) is 4.56. The lowest BCUT2D eigenvalue weighted by Crippen LogP contribution is -2.41. The number of aliphatic imine (C=N–C) groups is 1. The topological polar surface area (TPSA) is 90.9 Å². The molecule has 1 unspecified atom stereocenters. The minimum Gasteiger partial charge on any atom is -0.340 e. The third-order valence-corrected chi connectivity index (χ3v) is 5.98. The highest BCUT2D eigenvalue weighted by Gasteiger charge is 2.33. The number of rotatable bonds is 4. The summed E-state index contributed by atoms with van der Waals surface area (Å²) in [6, 6.07) is 6.15. The molecule has 2 heterocycles. The van der Waals surface area contributed by atoms with Crippen LogP contribution in [0.5, 0.6) is 0 Å². The molecule has 0 aromatic heterocycles. The zero-order valence-corrected chi connectivity index (χ0v) is 16.1. The highest BCUT2D eigenvalue weighted by molar-refractivity contribution is 7.90. The molecule has 2 aliphatic heterocycles. The Morgan fingerprint density at radius 2 is 2.00 bits per heavy atom. The lowest BCUT2D eigenvalue weighted by molar-refractivity contribution is -0.132. The first kappa shape index (κ1) is 18.8. The molecule has 1 atom stereocenters. The highest BCUT2D eigenvalue weighted by atomic mass is 32.2. The second kappa shape index (κ2) is 7.75. The number of benzene rings is 1. The maximum Gasteiger partial charge on any atom is 0.263 e. The first-order chi connectivity index (χ1) is 12.4. The Balaban J connectivity index is 1.91. The van der Waals surface area contributed by atoms with Gasteiger partial charge in [0.2, 0.25) is 5.91 Å². The number of amidine groups is 1. The van der Waals surface area contributed by atoms with Gasteiger partial charge in [0.1, 0.15) is 11.9 Å². The fraction of sp³-hybridized carbons (Fsp3) is 0.556. The minimum absolute atomic E-state index is 0.0292. The smallest absolute Gasteiger partial charge is 0.263 e. The van der Waals surface area contributed by atoms with Crippen molar-refractivity contribution >= 4 is 21.8 Å². The van der Waals surface area contributed by atoms with Crippen LogP contribution in [0.15, 0.2) is 34.2 Å². The van der Waals surface area contributed by atoms with Gasteiger partial charge in [0, 0.05) is 25.2 Å². The summed E-state index contributed by atoms with van der Waals surface area (Å²) in [4.78, 5) is 19.7. The molecule has 1 amide bonds. The minimum atomic E-state index is -3.60. The lowest BCUT2D eigenvalue weighted by atomic mass is 10.0. The van der Waals surface area contributed by atoms with Gasteiger partial charge in [0.15, 0.2) is 0 Å². The predicted molar refractivity (Wildman–Crippen MR) is 101 cm³/mol. The number of hydrogen-bond acceptors (Lipinski definition) is 5. The maximum atomic E-state index is 13.1. The first-order valence-corrected chi connectivity index (χ1v) is 10.6. The summed E-state index contributed by atoms with van der Waals surface area (Å²) in [5.41, 5.74) is 0.534. The molecular formula is C18H26N4O3S. The van der Waals surface area contributed by atoms with Crippen LogP contribution in [0.1, 0.15) is 32.3 Å². The van der Waals surface area contributed by atoms with E-state index in [0.717, 1.165) is 19.5 Å². The van der Waals surface area contributed by atoms with Crippen molar-refractivity contribution in [3.63, 3.8) is 0 Å². The first-order valence-electron chi connectivity index (χ1n) is 9.08. The summed E-state index contributed by atoms with van der Waals surface area (Å²) in [7, 11) is -3.60. The number of nitrogens with zero attached hydrogens (tertiary/aromatic N) is 2. The number of carbonyl (C=O) groups excluding carboxylic acids is 1. The van der Waals surface area contributed by atoms with Crippen molar-refractivity contribution < 1.29 is 13.2 Å². The van der Waals surface area contributed by atoms with Crippen LogP contribution in [0, 0.1) is 5.92 Å².